The second kappa shape index (κ2) is 9.56. The van der Waals surface area contributed by atoms with Crippen molar-refractivity contribution in [1.29, 1.82) is 0 Å². The van der Waals surface area contributed by atoms with Crippen molar-refractivity contribution >= 4 is 22.0 Å². The van der Waals surface area contributed by atoms with Crippen molar-refractivity contribution in [3.8, 4) is 0 Å². The highest BCUT2D eigenvalue weighted by atomic mass is 32.2. The van der Waals surface area contributed by atoms with E-state index in [9.17, 15) is 18.0 Å². The highest BCUT2D eigenvalue weighted by Crippen LogP contribution is 2.27. The van der Waals surface area contributed by atoms with Crippen LogP contribution in [0.5, 0.6) is 0 Å². The number of aryl methyl sites for hydroxylation is 3. The minimum Gasteiger partial charge on any atom is -0.450 e. The molecule has 0 aromatic heterocycles. The molecule has 8 nitrogen and oxygen atoms in total. The smallest absolute Gasteiger partial charge is 0.409 e. The zero-order chi connectivity index (χ0) is 22.8. The molecule has 1 aromatic rings. The fourth-order valence-corrected chi connectivity index (χ4v) is 6.47. The second-order valence-electron chi connectivity index (χ2n) is 8.42. The van der Waals surface area contributed by atoms with Crippen molar-refractivity contribution in [3.63, 3.8) is 0 Å². The maximum Gasteiger partial charge on any atom is 0.409 e. The molecule has 0 spiro atoms. The number of carbonyl (C=O) groups is 2. The molecular weight excluding hydrogens is 418 g/mol. The van der Waals surface area contributed by atoms with E-state index in [2.05, 4.69) is 0 Å². The first-order chi connectivity index (χ1) is 14.6. The number of ether oxygens (including phenoxy) is 1. The van der Waals surface area contributed by atoms with E-state index < -0.39 is 10.0 Å². The number of sulfonamides is 1. The number of rotatable bonds is 4. The van der Waals surface area contributed by atoms with Crippen molar-refractivity contribution < 1.29 is 22.7 Å². The van der Waals surface area contributed by atoms with E-state index in [1.54, 1.807) is 16.7 Å². The van der Waals surface area contributed by atoms with Crippen LogP contribution in [0.1, 0.15) is 36.5 Å². The van der Waals surface area contributed by atoms with Gasteiger partial charge >= 0.3 is 6.09 Å². The molecule has 2 saturated heterocycles. The third kappa shape index (κ3) is 5.03. The van der Waals surface area contributed by atoms with Crippen LogP contribution < -0.4 is 0 Å². The molecular formula is C22H33N3O5S. The molecule has 2 amide bonds. The Bertz CT molecular complexity index is 907. The summed E-state index contributed by atoms with van der Waals surface area (Å²) in [5.41, 5.74) is 2.55. The van der Waals surface area contributed by atoms with Crippen LogP contribution in [0.3, 0.4) is 0 Å². The summed E-state index contributed by atoms with van der Waals surface area (Å²) in [5, 5.41) is 0. The third-order valence-electron chi connectivity index (χ3n) is 6.12. The lowest BCUT2D eigenvalue weighted by atomic mass is 9.95. The third-order valence-corrected chi connectivity index (χ3v) is 8.33. The number of piperazine rings is 1. The van der Waals surface area contributed by atoms with Crippen molar-refractivity contribution in [1.82, 2.24) is 14.1 Å². The van der Waals surface area contributed by atoms with Gasteiger partial charge in [0.15, 0.2) is 0 Å². The van der Waals surface area contributed by atoms with E-state index in [0.717, 1.165) is 16.7 Å². The first kappa shape index (κ1) is 23.5. The summed E-state index contributed by atoms with van der Waals surface area (Å²) >= 11 is 0. The largest absolute Gasteiger partial charge is 0.450 e. The molecule has 0 unspecified atom stereocenters. The monoisotopic (exact) mass is 451 g/mol. The van der Waals surface area contributed by atoms with E-state index in [1.807, 2.05) is 32.9 Å². The summed E-state index contributed by atoms with van der Waals surface area (Å²) in [6.45, 7) is 10.1. The molecule has 1 aromatic carbocycles. The Labute approximate surface area is 185 Å². The van der Waals surface area contributed by atoms with Crippen molar-refractivity contribution in [2.45, 2.75) is 45.4 Å². The maximum absolute atomic E-state index is 13.2. The molecule has 2 heterocycles. The highest BCUT2D eigenvalue weighted by Gasteiger charge is 2.35. The molecule has 0 aliphatic carbocycles. The van der Waals surface area contributed by atoms with Gasteiger partial charge in [-0.2, -0.15) is 4.31 Å². The molecule has 2 fully saturated rings. The predicted molar refractivity (Wildman–Crippen MR) is 117 cm³/mol. The number of likely N-dealkylation sites (tertiary alicyclic amines) is 1. The molecule has 0 radical (unpaired) electrons. The number of carbonyl (C=O) groups excluding carboxylic acids is 2. The molecule has 2 aliphatic heterocycles. The topological polar surface area (TPSA) is 87.2 Å². The fraction of sp³-hybridized carbons (Fsp3) is 0.636. The van der Waals surface area contributed by atoms with Gasteiger partial charge in [0.2, 0.25) is 15.9 Å². The summed E-state index contributed by atoms with van der Waals surface area (Å²) in [6, 6.07) is 3.78. The molecule has 172 valence electrons. The van der Waals surface area contributed by atoms with Gasteiger partial charge in [-0.05, 0) is 51.7 Å². The Morgan fingerprint density at radius 1 is 0.935 bits per heavy atom. The average molecular weight is 452 g/mol. The number of nitrogens with zero attached hydrogens (tertiary/aromatic N) is 3. The summed E-state index contributed by atoms with van der Waals surface area (Å²) < 4.78 is 33.0. The highest BCUT2D eigenvalue weighted by molar-refractivity contribution is 7.89. The van der Waals surface area contributed by atoms with Crippen LogP contribution in [-0.4, -0.2) is 80.4 Å². The van der Waals surface area contributed by atoms with Crippen LogP contribution in [0.2, 0.25) is 0 Å². The van der Waals surface area contributed by atoms with Gasteiger partial charge in [0.05, 0.1) is 11.5 Å². The molecule has 2 aliphatic rings. The normalized spacial score (nSPS) is 18.8. The van der Waals surface area contributed by atoms with Gasteiger partial charge in [-0.3, -0.25) is 4.79 Å². The quantitative estimate of drug-likeness (QED) is 0.701. The number of amides is 2. The standard InChI is InChI=1S/C22H33N3O5S/c1-5-30-22(27)24-8-6-19(7-9-24)21(26)23-10-12-25(13-11-23)31(28,29)20-17(3)14-16(2)15-18(20)4/h14-15,19H,5-13H2,1-4H3. The van der Waals surface area contributed by atoms with Crippen LogP contribution in [0.25, 0.3) is 0 Å². The molecule has 31 heavy (non-hydrogen) atoms. The summed E-state index contributed by atoms with van der Waals surface area (Å²) in [7, 11) is -3.60. The molecule has 0 atom stereocenters. The number of hydrogen-bond donors (Lipinski definition) is 0. The van der Waals surface area contributed by atoms with Crippen LogP contribution in [0.4, 0.5) is 4.79 Å². The average Bonchev–Trinajstić information content (AvgIpc) is 2.72. The molecule has 3 rings (SSSR count). The zero-order valence-corrected chi connectivity index (χ0v) is 19.7. The first-order valence-corrected chi connectivity index (χ1v) is 12.4. The van der Waals surface area contributed by atoms with Crippen molar-refractivity contribution in [2.75, 3.05) is 45.9 Å². The lowest BCUT2D eigenvalue weighted by Crippen LogP contribution is -2.53. The number of piperidine rings is 1. The van der Waals surface area contributed by atoms with E-state index in [0.29, 0.717) is 63.6 Å². The number of benzene rings is 1. The predicted octanol–water partition coefficient (Wildman–Crippen LogP) is 2.31. The SMILES string of the molecule is CCOC(=O)N1CCC(C(=O)N2CCN(S(=O)(=O)c3c(C)cc(C)cc3C)CC2)CC1. The van der Waals surface area contributed by atoms with Crippen LogP contribution in [-0.2, 0) is 19.6 Å². The minimum absolute atomic E-state index is 0.0586. The Morgan fingerprint density at radius 2 is 1.48 bits per heavy atom. The van der Waals surface area contributed by atoms with Gasteiger partial charge in [-0.15, -0.1) is 0 Å². The Kier molecular flexibility index (Phi) is 7.26. The summed E-state index contributed by atoms with van der Waals surface area (Å²) in [6.07, 6.45) is 0.893. The van der Waals surface area contributed by atoms with Gasteiger partial charge in [-0.25, -0.2) is 13.2 Å². The van der Waals surface area contributed by atoms with Gasteiger partial charge in [0.25, 0.3) is 0 Å². The van der Waals surface area contributed by atoms with Crippen molar-refractivity contribution in [3.05, 3.63) is 28.8 Å². The zero-order valence-electron chi connectivity index (χ0n) is 18.9. The minimum atomic E-state index is -3.60. The summed E-state index contributed by atoms with van der Waals surface area (Å²) in [5.74, 6) is -0.0707. The fourth-order valence-electron chi connectivity index (χ4n) is 4.63. The Hall–Kier alpha value is -2.13. The van der Waals surface area contributed by atoms with Gasteiger partial charge in [0, 0.05) is 45.2 Å². The second-order valence-corrected chi connectivity index (χ2v) is 10.3. The van der Waals surface area contributed by atoms with E-state index in [4.69, 9.17) is 4.74 Å². The van der Waals surface area contributed by atoms with E-state index in [1.165, 1.54) is 4.31 Å². The summed E-state index contributed by atoms with van der Waals surface area (Å²) in [4.78, 5) is 28.6. The van der Waals surface area contributed by atoms with Gasteiger partial charge in [0.1, 0.15) is 0 Å². The molecule has 9 heteroatoms. The van der Waals surface area contributed by atoms with E-state index in [-0.39, 0.29) is 17.9 Å². The van der Waals surface area contributed by atoms with E-state index >= 15 is 0 Å². The van der Waals surface area contributed by atoms with Crippen LogP contribution >= 0.6 is 0 Å². The Morgan fingerprint density at radius 3 is 2.00 bits per heavy atom. The van der Waals surface area contributed by atoms with Gasteiger partial charge in [-0.1, -0.05) is 17.7 Å². The molecule has 0 N–H and O–H groups in total. The molecule has 0 saturated carbocycles. The van der Waals surface area contributed by atoms with Crippen LogP contribution in [0, 0.1) is 26.7 Å². The van der Waals surface area contributed by atoms with Crippen molar-refractivity contribution in [2.24, 2.45) is 5.92 Å². The number of hydrogen-bond acceptors (Lipinski definition) is 5. The van der Waals surface area contributed by atoms with Crippen LogP contribution in [0.15, 0.2) is 17.0 Å². The molecule has 0 bridgehead atoms. The maximum atomic E-state index is 13.2. The lowest BCUT2D eigenvalue weighted by Gasteiger charge is -2.38. The Balaban J connectivity index is 1.59. The lowest BCUT2D eigenvalue weighted by molar-refractivity contribution is -0.138. The first-order valence-electron chi connectivity index (χ1n) is 10.9. The van der Waals surface area contributed by atoms with Gasteiger partial charge < -0.3 is 14.5 Å².